The summed E-state index contributed by atoms with van der Waals surface area (Å²) < 4.78 is 20.3. The first-order chi connectivity index (χ1) is 15.5. The second-order valence-corrected chi connectivity index (χ2v) is 7.37. The van der Waals surface area contributed by atoms with Crippen molar-refractivity contribution in [3.05, 3.63) is 65.5 Å². The molecule has 0 bridgehead atoms. The van der Waals surface area contributed by atoms with Crippen LogP contribution in [0.15, 0.2) is 59.1 Å². The van der Waals surface area contributed by atoms with Gasteiger partial charge in [-0.3, -0.25) is 9.78 Å². The number of amides is 1. The SMILES string of the molecule is CNC1=C(C(=O)NCCCO)CCC(Cc2ccncc2F)C(Oc2cccc(O)c2)=N1. The number of ether oxygens (including phenoxy) is 1. The molecule has 4 N–H and O–H groups in total. The fourth-order valence-corrected chi connectivity index (χ4v) is 3.44. The predicted octanol–water partition coefficient (Wildman–Crippen LogP) is 2.29. The topological polar surface area (TPSA) is 116 Å². The van der Waals surface area contributed by atoms with Crippen LogP contribution in [0.3, 0.4) is 0 Å². The highest BCUT2D eigenvalue weighted by Gasteiger charge is 2.28. The number of carbonyl (C=O) groups is 1. The second-order valence-electron chi connectivity index (χ2n) is 7.37. The van der Waals surface area contributed by atoms with Gasteiger partial charge < -0.3 is 25.6 Å². The van der Waals surface area contributed by atoms with E-state index in [2.05, 4.69) is 20.6 Å². The van der Waals surface area contributed by atoms with Gasteiger partial charge in [-0.2, -0.15) is 4.99 Å². The maximum Gasteiger partial charge on any atom is 0.250 e. The molecule has 0 aliphatic carbocycles. The number of aromatic nitrogens is 1. The van der Waals surface area contributed by atoms with Crippen LogP contribution >= 0.6 is 0 Å². The lowest BCUT2D eigenvalue weighted by Gasteiger charge is -2.18. The predicted molar refractivity (Wildman–Crippen MR) is 118 cm³/mol. The minimum atomic E-state index is -0.419. The monoisotopic (exact) mass is 442 g/mol. The van der Waals surface area contributed by atoms with Crippen molar-refractivity contribution in [3.8, 4) is 11.5 Å². The van der Waals surface area contributed by atoms with Crippen molar-refractivity contribution >= 4 is 11.8 Å². The molecule has 3 rings (SSSR count). The number of aliphatic imine (C=N–C) groups is 1. The number of aliphatic hydroxyl groups excluding tert-OH is 1. The molecular formula is C23H27FN4O4. The van der Waals surface area contributed by atoms with Gasteiger partial charge in [0.15, 0.2) is 5.90 Å². The number of phenolic OH excluding ortho intramolecular Hbond substituents is 1. The first-order valence-corrected chi connectivity index (χ1v) is 10.5. The summed E-state index contributed by atoms with van der Waals surface area (Å²) in [5, 5.41) is 24.5. The maximum atomic E-state index is 14.3. The average molecular weight is 442 g/mol. The standard InChI is InChI=1S/C23H27FN4O4/c1-25-21-19(22(31)27-9-3-11-29)7-6-16(12-15-8-10-26-14-20(15)24)23(28-21)32-18-5-2-4-17(30)13-18/h2,4-5,8,10,13-14,16,25,29-30H,3,6-7,9,11-12H2,1H3,(H,27,31). The quantitative estimate of drug-likeness (QED) is 0.466. The second kappa shape index (κ2) is 11.2. The molecule has 1 aromatic heterocycles. The molecule has 0 saturated carbocycles. The zero-order valence-electron chi connectivity index (χ0n) is 17.8. The molecule has 1 amide bonds. The van der Waals surface area contributed by atoms with Crippen molar-refractivity contribution in [1.82, 2.24) is 15.6 Å². The summed E-state index contributed by atoms with van der Waals surface area (Å²) in [6, 6.07) is 7.93. The summed E-state index contributed by atoms with van der Waals surface area (Å²) in [4.78, 5) is 21.1. The van der Waals surface area contributed by atoms with Gasteiger partial charge in [-0.1, -0.05) is 6.07 Å². The minimum Gasteiger partial charge on any atom is -0.508 e. The Kier molecular flexibility index (Phi) is 8.15. The summed E-state index contributed by atoms with van der Waals surface area (Å²) in [6.45, 7) is 0.329. The van der Waals surface area contributed by atoms with Crippen LogP contribution in [0.4, 0.5) is 4.39 Å². The van der Waals surface area contributed by atoms with E-state index in [-0.39, 0.29) is 24.2 Å². The number of hydrogen-bond acceptors (Lipinski definition) is 7. The van der Waals surface area contributed by atoms with E-state index in [0.717, 1.165) is 6.20 Å². The molecule has 1 atom stereocenters. The van der Waals surface area contributed by atoms with Crippen molar-refractivity contribution in [2.75, 3.05) is 20.2 Å². The Morgan fingerprint density at radius 3 is 2.91 bits per heavy atom. The molecule has 1 aliphatic heterocycles. The number of aromatic hydroxyl groups is 1. The van der Waals surface area contributed by atoms with Crippen LogP contribution in [-0.4, -0.2) is 47.2 Å². The Balaban J connectivity index is 1.93. The summed E-state index contributed by atoms with van der Waals surface area (Å²) in [5.74, 6) is 0.0854. The number of carbonyl (C=O) groups excluding carboxylic acids is 1. The molecule has 2 aromatic rings. The van der Waals surface area contributed by atoms with Gasteiger partial charge in [0.05, 0.1) is 11.8 Å². The van der Waals surface area contributed by atoms with Crippen molar-refractivity contribution < 1.29 is 24.1 Å². The van der Waals surface area contributed by atoms with E-state index in [1.54, 1.807) is 25.2 Å². The first kappa shape index (κ1) is 23.2. The van der Waals surface area contributed by atoms with Gasteiger partial charge in [0.1, 0.15) is 23.1 Å². The molecule has 0 radical (unpaired) electrons. The van der Waals surface area contributed by atoms with Gasteiger partial charge in [0.25, 0.3) is 5.91 Å². The van der Waals surface area contributed by atoms with Crippen molar-refractivity contribution in [1.29, 1.82) is 0 Å². The first-order valence-electron chi connectivity index (χ1n) is 10.5. The largest absolute Gasteiger partial charge is 0.508 e. The number of benzene rings is 1. The third-order valence-electron chi connectivity index (χ3n) is 5.09. The van der Waals surface area contributed by atoms with Gasteiger partial charge >= 0.3 is 0 Å². The third-order valence-corrected chi connectivity index (χ3v) is 5.09. The Labute approximate surface area is 185 Å². The summed E-state index contributed by atoms with van der Waals surface area (Å²) in [7, 11) is 1.66. The number of hydrogen-bond donors (Lipinski definition) is 4. The molecule has 0 spiro atoms. The van der Waals surface area contributed by atoms with Gasteiger partial charge in [0.2, 0.25) is 0 Å². The fraction of sp³-hybridized carbons (Fsp3) is 0.348. The van der Waals surface area contributed by atoms with E-state index < -0.39 is 5.82 Å². The smallest absolute Gasteiger partial charge is 0.250 e. The van der Waals surface area contributed by atoms with Crippen LogP contribution in [0.5, 0.6) is 11.5 Å². The summed E-state index contributed by atoms with van der Waals surface area (Å²) in [5.41, 5.74) is 0.930. The lowest BCUT2D eigenvalue weighted by atomic mass is 9.93. The molecule has 32 heavy (non-hydrogen) atoms. The van der Waals surface area contributed by atoms with Gasteiger partial charge in [0, 0.05) is 38.4 Å². The Morgan fingerprint density at radius 2 is 2.19 bits per heavy atom. The Bertz CT molecular complexity index is 1010. The van der Waals surface area contributed by atoms with Crippen LogP contribution < -0.4 is 15.4 Å². The average Bonchev–Trinajstić information content (AvgIpc) is 2.95. The van der Waals surface area contributed by atoms with Crippen molar-refractivity contribution in [3.63, 3.8) is 0 Å². The van der Waals surface area contributed by atoms with Crippen LogP contribution in [-0.2, 0) is 11.2 Å². The fourth-order valence-electron chi connectivity index (χ4n) is 3.44. The molecule has 1 aliphatic rings. The van der Waals surface area contributed by atoms with Gasteiger partial charge in [-0.15, -0.1) is 0 Å². The van der Waals surface area contributed by atoms with Gasteiger partial charge in [-0.25, -0.2) is 4.39 Å². The van der Waals surface area contributed by atoms with E-state index in [9.17, 15) is 14.3 Å². The van der Waals surface area contributed by atoms with E-state index in [1.165, 1.54) is 18.3 Å². The molecule has 0 fully saturated rings. The summed E-state index contributed by atoms with van der Waals surface area (Å²) >= 11 is 0. The van der Waals surface area contributed by atoms with Gasteiger partial charge in [-0.05, 0) is 49.4 Å². The van der Waals surface area contributed by atoms with Crippen LogP contribution in [0.1, 0.15) is 24.8 Å². The molecular weight excluding hydrogens is 415 g/mol. The lowest BCUT2D eigenvalue weighted by molar-refractivity contribution is -0.117. The van der Waals surface area contributed by atoms with Crippen molar-refractivity contribution in [2.45, 2.75) is 25.7 Å². The van der Waals surface area contributed by atoms with Crippen LogP contribution in [0, 0.1) is 11.7 Å². The number of rotatable bonds is 8. The van der Waals surface area contributed by atoms with Crippen LogP contribution in [0.25, 0.3) is 0 Å². The number of aliphatic hydroxyl groups is 1. The molecule has 0 saturated heterocycles. The zero-order chi connectivity index (χ0) is 22.9. The minimum absolute atomic E-state index is 0.0160. The van der Waals surface area contributed by atoms with E-state index in [4.69, 9.17) is 9.84 Å². The number of nitrogens with one attached hydrogen (secondary N) is 2. The van der Waals surface area contributed by atoms with Crippen molar-refractivity contribution in [2.24, 2.45) is 10.9 Å². The number of phenols is 1. The molecule has 170 valence electrons. The molecule has 8 nitrogen and oxygen atoms in total. The Hall–Kier alpha value is -3.46. The molecule has 1 unspecified atom stereocenters. The normalized spacial score (nSPS) is 16.2. The lowest BCUT2D eigenvalue weighted by Crippen LogP contribution is -2.28. The third kappa shape index (κ3) is 6.04. The summed E-state index contributed by atoms with van der Waals surface area (Å²) in [6.07, 6.45) is 4.34. The molecule has 9 heteroatoms. The van der Waals surface area contributed by atoms with Crippen LogP contribution in [0.2, 0.25) is 0 Å². The van der Waals surface area contributed by atoms with E-state index >= 15 is 0 Å². The molecule has 2 heterocycles. The number of pyridine rings is 1. The zero-order valence-corrected chi connectivity index (χ0v) is 17.8. The van der Waals surface area contributed by atoms with E-state index in [1.807, 2.05) is 0 Å². The highest BCUT2D eigenvalue weighted by atomic mass is 19.1. The highest BCUT2D eigenvalue weighted by Crippen LogP contribution is 2.28. The number of halogens is 1. The van der Waals surface area contributed by atoms with E-state index in [0.29, 0.717) is 60.8 Å². The molecule has 1 aromatic carbocycles. The Morgan fingerprint density at radius 1 is 1.34 bits per heavy atom. The maximum absolute atomic E-state index is 14.3. The number of nitrogens with zero attached hydrogens (tertiary/aromatic N) is 2. The highest BCUT2D eigenvalue weighted by molar-refractivity contribution is 5.95.